The molecule has 19 heavy (non-hydrogen) atoms. The molecule has 1 aromatic carbocycles. The quantitative estimate of drug-likeness (QED) is 0.611. The first-order chi connectivity index (χ1) is 9.24. The average molecular weight is 283 g/mol. The Morgan fingerprint density at radius 2 is 1.89 bits per heavy atom. The lowest BCUT2D eigenvalue weighted by molar-refractivity contribution is 0.111. The Kier molecular flexibility index (Phi) is 5.08. The van der Waals surface area contributed by atoms with Gasteiger partial charge >= 0.3 is 0 Å². The predicted molar refractivity (Wildman–Crippen MR) is 75.5 cm³/mol. The van der Waals surface area contributed by atoms with E-state index in [9.17, 15) is 4.79 Å². The van der Waals surface area contributed by atoms with Gasteiger partial charge in [-0.2, -0.15) is 0 Å². The Morgan fingerprint density at radius 1 is 1.21 bits per heavy atom. The van der Waals surface area contributed by atoms with Crippen molar-refractivity contribution >= 4 is 17.9 Å². The van der Waals surface area contributed by atoms with Gasteiger partial charge in [-0.05, 0) is 31.7 Å². The molecule has 0 aromatic heterocycles. The molecule has 0 bridgehead atoms. The molecule has 1 aliphatic rings. The number of ether oxygens (including phenoxy) is 2. The van der Waals surface area contributed by atoms with Crippen LogP contribution in [0.5, 0.6) is 11.5 Å². The molecule has 1 fully saturated rings. The zero-order valence-corrected chi connectivity index (χ0v) is 11.9. The first kappa shape index (κ1) is 14.2. The van der Waals surface area contributed by atoms with E-state index in [1.807, 2.05) is 0 Å². The number of rotatable bonds is 4. The van der Waals surface area contributed by atoms with Crippen LogP contribution in [0.1, 0.15) is 48.9 Å². The smallest absolute Gasteiger partial charge is 0.172 e. The number of halogens is 1. The maximum absolute atomic E-state index is 11.2. The van der Waals surface area contributed by atoms with E-state index in [4.69, 9.17) is 21.1 Å². The van der Waals surface area contributed by atoms with Crippen LogP contribution in [0.2, 0.25) is 5.02 Å². The Bertz CT molecular complexity index is 437. The molecule has 3 nitrogen and oxygen atoms in total. The van der Waals surface area contributed by atoms with Gasteiger partial charge in [0.15, 0.2) is 17.8 Å². The standard InChI is InChI=1S/C15H19ClO3/c1-18-14-9-12(16)8-11(10-17)15(14)19-13-6-4-2-3-5-7-13/h8-10,13H,2-7H2,1H3. The molecule has 0 N–H and O–H groups in total. The zero-order chi connectivity index (χ0) is 13.7. The van der Waals surface area contributed by atoms with Crippen LogP contribution in [-0.2, 0) is 0 Å². The number of carbonyl (C=O) groups excluding carboxylic acids is 1. The average Bonchev–Trinajstić information content (AvgIpc) is 2.68. The normalized spacial score (nSPS) is 16.7. The topological polar surface area (TPSA) is 35.5 Å². The van der Waals surface area contributed by atoms with Crippen molar-refractivity contribution in [2.75, 3.05) is 7.11 Å². The molecule has 0 heterocycles. The zero-order valence-electron chi connectivity index (χ0n) is 11.2. The fourth-order valence-corrected chi connectivity index (χ4v) is 2.70. The van der Waals surface area contributed by atoms with Crippen molar-refractivity contribution in [2.24, 2.45) is 0 Å². The van der Waals surface area contributed by atoms with Crippen LogP contribution in [0.3, 0.4) is 0 Å². The van der Waals surface area contributed by atoms with E-state index < -0.39 is 0 Å². The molecule has 1 aromatic rings. The van der Waals surface area contributed by atoms with Crippen LogP contribution in [0.4, 0.5) is 0 Å². The van der Waals surface area contributed by atoms with Gasteiger partial charge in [0.1, 0.15) is 0 Å². The van der Waals surface area contributed by atoms with Gasteiger partial charge in [-0.25, -0.2) is 0 Å². The van der Waals surface area contributed by atoms with Gasteiger partial charge in [0.25, 0.3) is 0 Å². The summed E-state index contributed by atoms with van der Waals surface area (Å²) >= 11 is 5.95. The van der Waals surface area contributed by atoms with E-state index in [2.05, 4.69) is 0 Å². The third kappa shape index (κ3) is 3.63. The summed E-state index contributed by atoms with van der Waals surface area (Å²) in [4.78, 5) is 11.2. The van der Waals surface area contributed by atoms with Gasteiger partial charge < -0.3 is 9.47 Å². The van der Waals surface area contributed by atoms with Crippen LogP contribution >= 0.6 is 11.6 Å². The van der Waals surface area contributed by atoms with Crippen LogP contribution in [0.15, 0.2) is 12.1 Å². The molecule has 1 aliphatic carbocycles. The summed E-state index contributed by atoms with van der Waals surface area (Å²) in [5.74, 6) is 1.05. The van der Waals surface area contributed by atoms with Gasteiger partial charge in [-0.15, -0.1) is 0 Å². The Labute approximate surface area is 118 Å². The summed E-state index contributed by atoms with van der Waals surface area (Å²) in [5.41, 5.74) is 0.452. The Morgan fingerprint density at radius 3 is 2.47 bits per heavy atom. The van der Waals surface area contributed by atoms with E-state index >= 15 is 0 Å². The maximum Gasteiger partial charge on any atom is 0.172 e. The fourth-order valence-electron chi connectivity index (χ4n) is 2.48. The van der Waals surface area contributed by atoms with Gasteiger partial charge in [-0.1, -0.05) is 24.4 Å². The number of hydrogen-bond donors (Lipinski definition) is 0. The predicted octanol–water partition coefficient (Wildman–Crippen LogP) is 4.26. The van der Waals surface area contributed by atoms with Gasteiger partial charge in [0, 0.05) is 11.1 Å². The van der Waals surface area contributed by atoms with Crippen molar-refractivity contribution in [3.05, 3.63) is 22.7 Å². The molecule has 2 rings (SSSR count). The second kappa shape index (κ2) is 6.80. The Hall–Kier alpha value is -1.22. The number of hydrogen-bond acceptors (Lipinski definition) is 3. The van der Waals surface area contributed by atoms with Crippen molar-refractivity contribution in [3.63, 3.8) is 0 Å². The van der Waals surface area contributed by atoms with Gasteiger partial charge in [0.2, 0.25) is 0 Å². The molecule has 104 valence electrons. The second-order valence-electron chi connectivity index (χ2n) is 4.88. The fraction of sp³-hybridized carbons (Fsp3) is 0.533. The number of carbonyl (C=O) groups is 1. The molecule has 4 heteroatoms. The van der Waals surface area contributed by atoms with Crippen molar-refractivity contribution in [1.82, 2.24) is 0 Å². The molecule has 0 aliphatic heterocycles. The number of benzene rings is 1. The molecule has 0 amide bonds. The monoisotopic (exact) mass is 282 g/mol. The summed E-state index contributed by atoms with van der Waals surface area (Å²) in [6, 6.07) is 3.30. The number of methoxy groups -OCH3 is 1. The lowest BCUT2D eigenvalue weighted by Crippen LogP contribution is -2.16. The van der Waals surface area contributed by atoms with E-state index in [-0.39, 0.29) is 6.10 Å². The minimum Gasteiger partial charge on any atom is -0.493 e. The Balaban J connectivity index is 2.24. The highest BCUT2D eigenvalue weighted by Crippen LogP contribution is 2.36. The molecule has 0 saturated heterocycles. The minimum atomic E-state index is 0.163. The largest absolute Gasteiger partial charge is 0.493 e. The van der Waals surface area contributed by atoms with E-state index in [1.165, 1.54) is 25.7 Å². The van der Waals surface area contributed by atoms with E-state index in [0.717, 1.165) is 19.1 Å². The molecular weight excluding hydrogens is 264 g/mol. The lowest BCUT2D eigenvalue weighted by Gasteiger charge is -2.20. The van der Waals surface area contributed by atoms with Crippen LogP contribution in [-0.4, -0.2) is 19.5 Å². The molecule has 1 saturated carbocycles. The first-order valence-electron chi connectivity index (χ1n) is 6.74. The van der Waals surface area contributed by atoms with Crippen molar-refractivity contribution < 1.29 is 14.3 Å². The van der Waals surface area contributed by atoms with Gasteiger partial charge in [-0.3, -0.25) is 4.79 Å². The minimum absolute atomic E-state index is 0.163. The first-order valence-corrected chi connectivity index (χ1v) is 7.11. The SMILES string of the molecule is COc1cc(Cl)cc(C=O)c1OC1CCCCCC1. The molecule has 0 atom stereocenters. The van der Waals surface area contributed by atoms with Crippen LogP contribution in [0, 0.1) is 0 Å². The molecule has 0 radical (unpaired) electrons. The van der Waals surface area contributed by atoms with Gasteiger partial charge in [0.05, 0.1) is 18.8 Å². The highest BCUT2D eigenvalue weighted by Gasteiger charge is 2.19. The van der Waals surface area contributed by atoms with Crippen molar-refractivity contribution in [2.45, 2.75) is 44.6 Å². The summed E-state index contributed by atoms with van der Waals surface area (Å²) in [6.45, 7) is 0. The molecular formula is C15H19ClO3. The highest BCUT2D eigenvalue weighted by atomic mass is 35.5. The summed E-state index contributed by atoms with van der Waals surface area (Å²) < 4.78 is 11.3. The van der Waals surface area contributed by atoms with Crippen molar-refractivity contribution in [3.8, 4) is 11.5 Å². The van der Waals surface area contributed by atoms with E-state index in [0.29, 0.717) is 22.1 Å². The maximum atomic E-state index is 11.2. The summed E-state index contributed by atoms with van der Waals surface area (Å²) in [7, 11) is 1.56. The van der Waals surface area contributed by atoms with Crippen LogP contribution in [0.25, 0.3) is 0 Å². The second-order valence-corrected chi connectivity index (χ2v) is 5.31. The van der Waals surface area contributed by atoms with Crippen LogP contribution < -0.4 is 9.47 Å². The highest BCUT2D eigenvalue weighted by molar-refractivity contribution is 6.31. The summed E-state index contributed by atoms with van der Waals surface area (Å²) in [6.07, 6.45) is 7.87. The summed E-state index contributed by atoms with van der Waals surface area (Å²) in [5, 5.41) is 0.479. The molecule has 0 spiro atoms. The lowest BCUT2D eigenvalue weighted by atomic mass is 10.1. The van der Waals surface area contributed by atoms with Crippen molar-refractivity contribution in [1.29, 1.82) is 0 Å². The van der Waals surface area contributed by atoms with E-state index in [1.54, 1.807) is 19.2 Å². The number of aldehydes is 1. The molecule has 0 unspecified atom stereocenters. The third-order valence-electron chi connectivity index (χ3n) is 3.48. The third-order valence-corrected chi connectivity index (χ3v) is 3.70.